The summed E-state index contributed by atoms with van der Waals surface area (Å²) in [6, 6.07) is 0.553. The van der Waals surface area contributed by atoms with Crippen LogP contribution in [-0.4, -0.2) is 50.0 Å². The molecule has 1 saturated heterocycles. The number of aliphatic imine (C=N–C) groups is 1. The first-order valence-corrected chi connectivity index (χ1v) is 10.5. The zero-order valence-electron chi connectivity index (χ0n) is 16.3. The molecule has 3 N–H and O–H groups in total. The van der Waals surface area contributed by atoms with Crippen molar-refractivity contribution in [3.63, 3.8) is 0 Å². The summed E-state index contributed by atoms with van der Waals surface area (Å²) in [4.78, 5) is 4.86. The van der Waals surface area contributed by atoms with E-state index in [0.717, 1.165) is 50.4 Å². The fraction of sp³-hybridized carbons (Fsp3) is 0.950. The van der Waals surface area contributed by atoms with Crippen LogP contribution >= 0.6 is 24.0 Å². The van der Waals surface area contributed by atoms with Crippen LogP contribution in [0.4, 0.5) is 0 Å². The Morgan fingerprint density at radius 3 is 2.54 bits per heavy atom. The number of rotatable bonds is 5. The first kappa shape index (κ1) is 22.2. The summed E-state index contributed by atoms with van der Waals surface area (Å²) >= 11 is 0. The fourth-order valence-electron chi connectivity index (χ4n) is 4.94. The minimum absolute atomic E-state index is 0. The van der Waals surface area contributed by atoms with Crippen LogP contribution in [0.5, 0.6) is 0 Å². The molecule has 0 bridgehead atoms. The van der Waals surface area contributed by atoms with Crippen LogP contribution in [0.2, 0.25) is 0 Å². The fourth-order valence-corrected chi connectivity index (χ4v) is 4.94. The van der Waals surface area contributed by atoms with Gasteiger partial charge in [-0.25, -0.2) is 0 Å². The molecule has 2 aliphatic carbocycles. The van der Waals surface area contributed by atoms with Gasteiger partial charge in [0.1, 0.15) is 0 Å². The third kappa shape index (κ3) is 5.96. The number of hydrogen-bond donors (Lipinski definition) is 3. The molecule has 3 aliphatic rings. The van der Waals surface area contributed by atoms with E-state index in [0.29, 0.717) is 12.6 Å². The number of aliphatic hydroxyl groups is 1. The quantitative estimate of drug-likeness (QED) is 0.322. The van der Waals surface area contributed by atoms with Crippen molar-refractivity contribution < 1.29 is 9.84 Å². The van der Waals surface area contributed by atoms with E-state index >= 15 is 0 Å². The summed E-state index contributed by atoms with van der Waals surface area (Å²) in [7, 11) is 0. The molecule has 3 unspecified atom stereocenters. The Morgan fingerprint density at radius 1 is 1.12 bits per heavy atom. The Hall–Kier alpha value is -0.0800. The first-order chi connectivity index (χ1) is 12.2. The highest BCUT2D eigenvalue weighted by Crippen LogP contribution is 2.40. The Bertz CT molecular complexity index is 441. The van der Waals surface area contributed by atoms with Gasteiger partial charge in [0.15, 0.2) is 5.96 Å². The van der Waals surface area contributed by atoms with Gasteiger partial charge in [-0.15, -0.1) is 24.0 Å². The van der Waals surface area contributed by atoms with E-state index < -0.39 is 0 Å². The highest BCUT2D eigenvalue weighted by molar-refractivity contribution is 14.0. The second kappa shape index (κ2) is 11.1. The molecule has 5 nitrogen and oxygen atoms in total. The van der Waals surface area contributed by atoms with E-state index in [1.807, 2.05) is 0 Å². The lowest BCUT2D eigenvalue weighted by Crippen LogP contribution is -2.47. The van der Waals surface area contributed by atoms with Gasteiger partial charge in [-0.05, 0) is 50.9 Å². The highest BCUT2D eigenvalue weighted by Gasteiger charge is 2.34. The largest absolute Gasteiger partial charge is 0.396 e. The number of hydrogen-bond acceptors (Lipinski definition) is 3. The van der Waals surface area contributed by atoms with Gasteiger partial charge < -0.3 is 20.5 Å². The van der Waals surface area contributed by atoms with Gasteiger partial charge in [-0.3, -0.25) is 4.99 Å². The number of aliphatic hydroxyl groups excluding tert-OH is 1. The summed E-state index contributed by atoms with van der Waals surface area (Å²) in [6.45, 7) is 5.36. The average molecular weight is 479 g/mol. The van der Waals surface area contributed by atoms with Gasteiger partial charge in [0, 0.05) is 31.2 Å². The molecule has 3 atom stereocenters. The van der Waals surface area contributed by atoms with Crippen LogP contribution in [0.25, 0.3) is 0 Å². The summed E-state index contributed by atoms with van der Waals surface area (Å²) in [5.74, 6) is 2.83. The molecule has 0 aromatic heterocycles. The average Bonchev–Trinajstić information content (AvgIpc) is 2.67. The summed E-state index contributed by atoms with van der Waals surface area (Å²) in [5, 5.41) is 17.0. The molecule has 1 aliphatic heterocycles. The predicted octanol–water partition coefficient (Wildman–Crippen LogP) is 3.31. The van der Waals surface area contributed by atoms with E-state index in [2.05, 4.69) is 17.6 Å². The molecular weight excluding hydrogens is 441 g/mol. The standard InChI is InChI=1S/C20H37N3O2.HI/c1-2-21-19(22-14-20(15-24)9-11-25-12-10-20)23-18-8-7-16-5-3-4-6-17(16)13-18;/h16-18,24H,2-15H2,1H3,(H2,21,22,23);1H. The zero-order valence-corrected chi connectivity index (χ0v) is 18.7. The summed E-state index contributed by atoms with van der Waals surface area (Å²) in [5.41, 5.74) is -0.0956. The van der Waals surface area contributed by atoms with Crippen molar-refractivity contribution in [2.45, 2.75) is 70.8 Å². The summed E-state index contributed by atoms with van der Waals surface area (Å²) in [6.07, 6.45) is 11.5. The lowest BCUT2D eigenvalue weighted by molar-refractivity contribution is -0.0106. The molecule has 2 saturated carbocycles. The van der Waals surface area contributed by atoms with E-state index in [4.69, 9.17) is 9.73 Å². The molecule has 152 valence electrons. The van der Waals surface area contributed by atoms with Gasteiger partial charge in [0.05, 0.1) is 13.2 Å². The predicted molar refractivity (Wildman–Crippen MR) is 117 cm³/mol. The van der Waals surface area contributed by atoms with Crippen LogP contribution in [0.3, 0.4) is 0 Å². The second-order valence-electron chi connectivity index (χ2n) is 8.42. The monoisotopic (exact) mass is 479 g/mol. The number of fused-ring (bicyclic) bond motifs is 1. The molecule has 1 heterocycles. The number of nitrogens with zero attached hydrogens (tertiary/aromatic N) is 1. The Morgan fingerprint density at radius 2 is 1.85 bits per heavy atom. The third-order valence-electron chi connectivity index (χ3n) is 6.69. The number of ether oxygens (including phenoxy) is 1. The van der Waals surface area contributed by atoms with Gasteiger partial charge in [0.25, 0.3) is 0 Å². The number of halogens is 1. The van der Waals surface area contributed by atoms with Crippen molar-refractivity contribution in [1.29, 1.82) is 0 Å². The molecular formula is C20H38IN3O2. The number of guanidine groups is 1. The Balaban J connectivity index is 0.00000243. The van der Waals surface area contributed by atoms with Gasteiger partial charge in [-0.2, -0.15) is 0 Å². The maximum atomic E-state index is 9.87. The Labute approximate surface area is 176 Å². The van der Waals surface area contributed by atoms with Crippen molar-refractivity contribution in [3.8, 4) is 0 Å². The molecule has 26 heavy (non-hydrogen) atoms. The molecule has 0 aromatic carbocycles. The van der Waals surface area contributed by atoms with E-state index in [1.165, 1.54) is 44.9 Å². The van der Waals surface area contributed by atoms with Crippen LogP contribution < -0.4 is 10.6 Å². The van der Waals surface area contributed by atoms with E-state index in [1.54, 1.807) is 0 Å². The van der Waals surface area contributed by atoms with Crippen LogP contribution in [0.1, 0.15) is 64.7 Å². The molecule has 3 rings (SSSR count). The van der Waals surface area contributed by atoms with Crippen LogP contribution in [0.15, 0.2) is 4.99 Å². The molecule has 0 aromatic rings. The lowest BCUT2D eigenvalue weighted by atomic mass is 9.69. The van der Waals surface area contributed by atoms with Crippen molar-refractivity contribution in [1.82, 2.24) is 10.6 Å². The van der Waals surface area contributed by atoms with Crippen LogP contribution in [-0.2, 0) is 4.74 Å². The van der Waals surface area contributed by atoms with E-state index in [9.17, 15) is 5.11 Å². The first-order valence-electron chi connectivity index (χ1n) is 10.5. The van der Waals surface area contributed by atoms with Crippen molar-refractivity contribution in [2.24, 2.45) is 22.2 Å². The van der Waals surface area contributed by atoms with E-state index in [-0.39, 0.29) is 36.0 Å². The topological polar surface area (TPSA) is 65.9 Å². The van der Waals surface area contributed by atoms with Crippen molar-refractivity contribution in [2.75, 3.05) is 32.9 Å². The third-order valence-corrected chi connectivity index (χ3v) is 6.69. The Kier molecular flexibility index (Phi) is 9.44. The minimum atomic E-state index is -0.0956. The van der Waals surface area contributed by atoms with Crippen molar-refractivity contribution in [3.05, 3.63) is 0 Å². The maximum absolute atomic E-state index is 9.87. The normalized spacial score (nSPS) is 31.5. The number of nitrogens with one attached hydrogen (secondary N) is 2. The van der Waals surface area contributed by atoms with Gasteiger partial charge in [-0.1, -0.05) is 25.7 Å². The minimum Gasteiger partial charge on any atom is -0.396 e. The van der Waals surface area contributed by atoms with Crippen molar-refractivity contribution >= 4 is 29.9 Å². The van der Waals surface area contributed by atoms with Crippen LogP contribution in [0, 0.1) is 17.3 Å². The molecule has 3 fully saturated rings. The maximum Gasteiger partial charge on any atom is 0.191 e. The molecule has 6 heteroatoms. The zero-order chi connectivity index (χ0) is 17.5. The highest BCUT2D eigenvalue weighted by atomic mass is 127. The lowest BCUT2D eigenvalue weighted by Gasteiger charge is -2.40. The molecule has 0 radical (unpaired) electrons. The molecule has 0 spiro atoms. The van der Waals surface area contributed by atoms with Gasteiger partial charge >= 0.3 is 0 Å². The SMILES string of the molecule is CCNC(=NCC1(CO)CCOCC1)NC1CCC2CCCCC2C1.I. The second-order valence-corrected chi connectivity index (χ2v) is 8.42. The van der Waals surface area contributed by atoms with Gasteiger partial charge in [0.2, 0.25) is 0 Å². The summed E-state index contributed by atoms with van der Waals surface area (Å²) < 4.78 is 5.46. The molecule has 0 amide bonds. The smallest absolute Gasteiger partial charge is 0.191 e.